The number of benzene rings is 2. The summed E-state index contributed by atoms with van der Waals surface area (Å²) >= 11 is 8.53. The molecule has 1 atom stereocenters. The van der Waals surface area contributed by atoms with Gasteiger partial charge in [-0.25, -0.2) is 0 Å². The molecule has 0 saturated heterocycles. The van der Waals surface area contributed by atoms with Crippen LogP contribution in [0.15, 0.2) is 24.3 Å². The van der Waals surface area contributed by atoms with Crippen molar-refractivity contribution in [2.24, 2.45) is 5.73 Å². The number of carbonyl (C=O) groups is 1. The maximum absolute atomic E-state index is 11.5. The summed E-state index contributed by atoms with van der Waals surface area (Å²) in [4.78, 5) is 11.5. The van der Waals surface area contributed by atoms with Crippen LogP contribution in [-0.2, 0) is 16.0 Å². The van der Waals surface area contributed by atoms with Crippen LogP contribution in [0.4, 0.5) is 0 Å². The minimum absolute atomic E-state index is 0.255. The van der Waals surface area contributed by atoms with E-state index in [1.54, 1.807) is 12.1 Å². The molecule has 0 amide bonds. The Balaban J connectivity index is 2.27. The largest absolute Gasteiger partial charge is 0.506 e. The average Bonchev–Trinajstić information content (AvgIpc) is 2.55. The molecule has 25 heavy (non-hydrogen) atoms. The van der Waals surface area contributed by atoms with Crippen molar-refractivity contribution < 1.29 is 19.4 Å². The fraction of sp³-hybridized carbons (Fsp3) is 0.188. The number of phenolic OH excluding ortho intramolecular Hbond substituents is 1. The summed E-state index contributed by atoms with van der Waals surface area (Å²) in [5.74, 6) is 1.21. The van der Waals surface area contributed by atoms with Gasteiger partial charge in [-0.1, -0.05) is 0 Å². The zero-order chi connectivity index (χ0) is 18.7. The molecule has 9 heteroatoms. The third-order valence-corrected chi connectivity index (χ3v) is 6.48. The molecule has 0 aliphatic heterocycles. The number of hydrogen-bond donors (Lipinski definition) is 2. The normalized spacial score (nSPS) is 11.9. The molecule has 0 radical (unpaired) electrons. The number of aromatic hydroxyl groups is 1. The number of halogens is 4. The lowest BCUT2D eigenvalue weighted by atomic mass is 10.1. The summed E-state index contributed by atoms with van der Waals surface area (Å²) in [5.41, 5.74) is 6.77. The van der Waals surface area contributed by atoms with E-state index in [2.05, 4.69) is 95.1 Å². The van der Waals surface area contributed by atoms with Gasteiger partial charge in [0.15, 0.2) is 5.75 Å². The van der Waals surface area contributed by atoms with E-state index in [1.807, 2.05) is 12.1 Å². The summed E-state index contributed by atoms with van der Waals surface area (Å²) in [6.45, 7) is 0. The molecule has 0 aliphatic carbocycles. The van der Waals surface area contributed by atoms with E-state index in [-0.39, 0.29) is 5.75 Å². The average molecular weight is 791 g/mol. The molecule has 0 heterocycles. The second-order valence-electron chi connectivity index (χ2n) is 5.06. The highest BCUT2D eigenvalue weighted by atomic mass is 127. The van der Waals surface area contributed by atoms with E-state index >= 15 is 0 Å². The van der Waals surface area contributed by atoms with Gasteiger partial charge in [-0.3, -0.25) is 4.79 Å². The SMILES string of the molecule is COC(=O)C(N)Cc1cc(I)c(Oc2cc(I)c(O)c(I)c2)c(I)c1. The van der Waals surface area contributed by atoms with Crippen LogP contribution < -0.4 is 10.5 Å². The quantitative estimate of drug-likeness (QED) is 0.341. The minimum atomic E-state index is -0.691. The Hall–Kier alpha value is 0.390. The third kappa shape index (κ3) is 5.68. The predicted molar refractivity (Wildman–Crippen MR) is 129 cm³/mol. The number of methoxy groups -OCH3 is 1. The molecule has 5 nitrogen and oxygen atoms in total. The van der Waals surface area contributed by atoms with Crippen LogP contribution in [-0.4, -0.2) is 24.2 Å². The van der Waals surface area contributed by atoms with Crippen molar-refractivity contribution in [2.75, 3.05) is 7.11 Å². The van der Waals surface area contributed by atoms with Crippen LogP contribution in [0, 0.1) is 14.3 Å². The summed E-state index contributed by atoms with van der Waals surface area (Å²) < 4.78 is 14.0. The van der Waals surface area contributed by atoms with Crippen LogP contribution >= 0.6 is 90.4 Å². The van der Waals surface area contributed by atoms with Gasteiger partial charge in [-0.15, -0.1) is 0 Å². The van der Waals surface area contributed by atoms with Gasteiger partial charge in [-0.2, -0.15) is 0 Å². The molecule has 3 N–H and O–H groups in total. The number of nitrogens with two attached hydrogens (primary N) is 1. The molecule has 2 rings (SSSR count). The highest BCUT2D eigenvalue weighted by Crippen LogP contribution is 2.36. The Labute approximate surface area is 200 Å². The molecule has 134 valence electrons. The van der Waals surface area contributed by atoms with Gasteiger partial charge in [0.2, 0.25) is 0 Å². The van der Waals surface area contributed by atoms with Crippen LogP contribution in [0.25, 0.3) is 0 Å². The molecule has 1 unspecified atom stereocenters. The molecule has 0 fully saturated rings. The van der Waals surface area contributed by atoms with Crippen LogP contribution in [0.3, 0.4) is 0 Å². The monoisotopic (exact) mass is 791 g/mol. The maximum atomic E-state index is 11.5. The Morgan fingerprint density at radius 3 is 2.08 bits per heavy atom. The van der Waals surface area contributed by atoms with Gasteiger partial charge in [0, 0.05) is 0 Å². The molecule has 0 aliphatic rings. The molecule has 2 aromatic carbocycles. The zero-order valence-corrected chi connectivity index (χ0v) is 21.5. The number of hydrogen-bond acceptors (Lipinski definition) is 5. The number of esters is 1. The Kier molecular flexibility index (Phi) is 8.28. The Bertz CT molecular complexity index is 767. The van der Waals surface area contributed by atoms with E-state index in [0.29, 0.717) is 12.2 Å². The second kappa shape index (κ2) is 9.54. The van der Waals surface area contributed by atoms with Crippen molar-refractivity contribution in [3.05, 3.63) is 44.1 Å². The van der Waals surface area contributed by atoms with Gasteiger partial charge in [-0.05, 0) is 127 Å². The first-order valence-corrected chi connectivity index (χ1v) is 11.2. The summed E-state index contributed by atoms with van der Waals surface area (Å²) in [5, 5.41) is 9.87. The first kappa shape index (κ1) is 21.7. The van der Waals surface area contributed by atoms with Crippen LogP contribution in [0.2, 0.25) is 0 Å². The molecular formula is C16H13I4NO4. The minimum Gasteiger partial charge on any atom is -0.506 e. The van der Waals surface area contributed by atoms with Crippen molar-refractivity contribution in [3.8, 4) is 17.2 Å². The van der Waals surface area contributed by atoms with E-state index in [4.69, 9.17) is 10.5 Å². The van der Waals surface area contributed by atoms with Crippen molar-refractivity contribution in [2.45, 2.75) is 12.5 Å². The first-order valence-electron chi connectivity index (χ1n) is 6.90. The van der Waals surface area contributed by atoms with Crippen molar-refractivity contribution in [3.63, 3.8) is 0 Å². The molecular weight excluding hydrogens is 778 g/mol. The van der Waals surface area contributed by atoms with Crippen molar-refractivity contribution >= 4 is 96.3 Å². The lowest BCUT2D eigenvalue weighted by Crippen LogP contribution is -2.33. The number of carbonyl (C=O) groups excluding carboxylic acids is 1. The predicted octanol–water partition coefficient (Wildman–Crippen LogP) is 4.65. The molecule has 0 bridgehead atoms. The van der Waals surface area contributed by atoms with Gasteiger partial charge in [0.1, 0.15) is 17.5 Å². The van der Waals surface area contributed by atoms with Crippen LogP contribution in [0.1, 0.15) is 5.56 Å². The molecule has 0 saturated carbocycles. The lowest BCUT2D eigenvalue weighted by Gasteiger charge is -2.15. The fourth-order valence-electron chi connectivity index (χ4n) is 2.04. The number of phenols is 1. The highest BCUT2D eigenvalue weighted by Gasteiger charge is 2.17. The van der Waals surface area contributed by atoms with Crippen molar-refractivity contribution in [1.82, 2.24) is 0 Å². The summed E-state index contributed by atoms with van der Waals surface area (Å²) in [6, 6.07) is 6.76. The maximum Gasteiger partial charge on any atom is 0.322 e. The number of rotatable bonds is 5. The molecule has 2 aromatic rings. The zero-order valence-electron chi connectivity index (χ0n) is 12.9. The Morgan fingerprint density at radius 2 is 1.60 bits per heavy atom. The van der Waals surface area contributed by atoms with Gasteiger partial charge < -0.3 is 20.3 Å². The topological polar surface area (TPSA) is 81.8 Å². The van der Waals surface area contributed by atoms with E-state index < -0.39 is 12.0 Å². The second-order valence-corrected chi connectivity index (χ2v) is 9.71. The number of ether oxygens (including phenoxy) is 2. The van der Waals surface area contributed by atoms with E-state index in [9.17, 15) is 9.90 Å². The van der Waals surface area contributed by atoms with Gasteiger partial charge >= 0.3 is 5.97 Å². The summed E-state index contributed by atoms with van der Waals surface area (Å²) in [7, 11) is 1.33. The van der Waals surface area contributed by atoms with Gasteiger partial charge in [0.05, 0.1) is 21.4 Å². The first-order chi connectivity index (χ1) is 11.7. The van der Waals surface area contributed by atoms with Crippen LogP contribution in [0.5, 0.6) is 17.2 Å². The standard InChI is InChI=1S/C16H13I4NO4/c1-24-16(23)13(21)4-7-2-11(19)15(12(20)3-7)25-8-5-9(17)14(22)10(18)6-8/h2-3,5-6,13,22H,4,21H2,1H3. The van der Waals surface area contributed by atoms with Crippen molar-refractivity contribution in [1.29, 1.82) is 0 Å². The fourth-order valence-corrected chi connectivity index (χ4v) is 5.86. The van der Waals surface area contributed by atoms with E-state index in [0.717, 1.165) is 25.6 Å². The Morgan fingerprint density at radius 1 is 1.08 bits per heavy atom. The highest BCUT2D eigenvalue weighted by molar-refractivity contribution is 14.1. The molecule has 0 spiro atoms. The summed E-state index contributed by atoms with van der Waals surface area (Å²) in [6.07, 6.45) is 0.397. The molecule has 0 aromatic heterocycles. The lowest BCUT2D eigenvalue weighted by molar-refractivity contribution is -0.142. The van der Waals surface area contributed by atoms with E-state index in [1.165, 1.54) is 7.11 Å². The van der Waals surface area contributed by atoms with Gasteiger partial charge in [0.25, 0.3) is 0 Å². The smallest absolute Gasteiger partial charge is 0.322 e. The third-order valence-electron chi connectivity index (χ3n) is 3.23.